The van der Waals surface area contributed by atoms with Crippen LogP contribution in [0.15, 0.2) is 41.3 Å². The number of hydrogen-bond donors (Lipinski definition) is 2. The molecule has 168 valence electrons. The summed E-state index contributed by atoms with van der Waals surface area (Å²) in [4.78, 5) is -0.703. The summed E-state index contributed by atoms with van der Waals surface area (Å²) in [5.74, 6) is -1.77. The first-order valence-corrected chi connectivity index (χ1v) is 12.0. The van der Waals surface area contributed by atoms with Crippen LogP contribution < -0.4 is 15.2 Å². The highest BCUT2D eigenvalue weighted by Crippen LogP contribution is 2.36. The van der Waals surface area contributed by atoms with Crippen molar-refractivity contribution in [3.63, 3.8) is 0 Å². The van der Waals surface area contributed by atoms with Gasteiger partial charge in [0.1, 0.15) is 22.3 Å². The standard InChI is InChI=1S/C21H22Cl2F2N2O3S/c1-2-27-19-5-3-4-13(12-6-7-15(22)17(24)8-12)14(19)11-30-20-10-18(25)21(9-16(20)23)31(26,28)29/h4,6-10,14,19,27H,2-3,5,11H2,1H3,(H2,26,28,29). The summed E-state index contributed by atoms with van der Waals surface area (Å²) >= 11 is 11.9. The van der Waals surface area contributed by atoms with Gasteiger partial charge < -0.3 is 10.1 Å². The molecule has 1 aliphatic rings. The molecule has 1 aliphatic carbocycles. The average molecular weight is 491 g/mol. The molecule has 3 rings (SSSR count). The molecule has 0 heterocycles. The molecule has 0 radical (unpaired) electrons. The third-order valence-corrected chi connectivity index (χ3v) is 6.69. The van der Waals surface area contributed by atoms with E-state index in [4.69, 9.17) is 33.1 Å². The van der Waals surface area contributed by atoms with Gasteiger partial charge in [-0.15, -0.1) is 0 Å². The minimum Gasteiger partial charge on any atom is -0.491 e. The van der Waals surface area contributed by atoms with Crippen molar-refractivity contribution < 1.29 is 21.9 Å². The van der Waals surface area contributed by atoms with E-state index in [2.05, 4.69) is 5.32 Å². The molecule has 2 unspecified atom stereocenters. The number of benzene rings is 2. The molecule has 10 heteroatoms. The van der Waals surface area contributed by atoms with Gasteiger partial charge in [-0.2, -0.15) is 0 Å². The van der Waals surface area contributed by atoms with E-state index in [-0.39, 0.29) is 34.4 Å². The summed E-state index contributed by atoms with van der Waals surface area (Å²) in [6.07, 6.45) is 3.66. The lowest BCUT2D eigenvalue weighted by atomic mass is 9.80. The lowest BCUT2D eigenvalue weighted by Crippen LogP contribution is -2.41. The minimum atomic E-state index is -4.26. The predicted molar refractivity (Wildman–Crippen MR) is 118 cm³/mol. The van der Waals surface area contributed by atoms with E-state index in [0.29, 0.717) is 5.56 Å². The lowest BCUT2D eigenvalue weighted by Gasteiger charge is -2.33. The minimum absolute atomic E-state index is 0.00553. The Kier molecular flexibility index (Phi) is 7.59. The first-order chi connectivity index (χ1) is 14.6. The van der Waals surface area contributed by atoms with Gasteiger partial charge >= 0.3 is 0 Å². The highest BCUT2D eigenvalue weighted by atomic mass is 35.5. The predicted octanol–water partition coefficient (Wildman–Crippen LogP) is 4.77. The van der Waals surface area contributed by atoms with Gasteiger partial charge in [0.2, 0.25) is 10.0 Å². The molecule has 0 aromatic heterocycles. The van der Waals surface area contributed by atoms with Gasteiger partial charge in [-0.3, -0.25) is 0 Å². The fourth-order valence-corrected chi connectivity index (χ4v) is 4.74. The molecular formula is C21H22Cl2F2N2O3S. The monoisotopic (exact) mass is 490 g/mol. The van der Waals surface area contributed by atoms with Crippen LogP contribution in [0.5, 0.6) is 5.75 Å². The van der Waals surface area contributed by atoms with Crippen molar-refractivity contribution in [3.05, 3.63) is 63.7 Å². The van der Waals surface area contributed by atoms with Crippen LogP contribution in [0, 0.1) is 17.6 Å². The molecule has 0 saturated heterocycles. The van der Waals surface area contributed by atoms with Crippen molar-refractivity contribution in [2.75, 3.05) is 13.2 Å². The number of nitrogens with one attached hydrogen (secondary N) is 1. The van der Waals surface area contributed by atoms with Gasteiger partial charge in [-0.1, -0.05) is 42.3 Å². The quantitative estimate of drug-likeness (QED) is 0.585. The number of ether oxygens (including phenoxy) is 1. The number of allylic oxidation sites excluding steroid dienone is 1. The van der Waals surface area contributed by atoms with Gasteiger partial charge in [0.05, 0.1) is 16.7 Å². The van der Waals surface area contributed by atoms with Crippen LogP contribution in [-0.4, -0.2) is 27.6 Å². The molecule has 3 N–H and O–H groups in total. The van der Waals surface area contributed by atoms with Crippen LogP contribution in [0.3, 0.4) is 0 Å². The van der Waals surface area contributed by atoms with E-state index >= 15 is 0 Å². The molecular weight excluding hydrogens is 469 g/mol. The summed E-state index contributed by atoms with van der Waals surface area (Å²) in [5.41, 5.74) is 1.56. The highest BCUT2D eigenvalue weighted by molar-refractivity contribution is 7.89. The Labute approximate surface area is 190 Å². The van der Waals surface area contributed by atoms with Gasteiger partial charge in [0.25, 0.3) is 0 Å². The maximum atomic E-state index is 14.2. The largest absolute Gasteiger partial charge is 0.491 e. The molecule has 2 atom stereocenters. The summed E-state index contributed by atoms with van der Waals surface area (Å²) in [6, 6.07) is 6.49. The van der Waals surface area contributed by atoms with Crippen molar-refractivity contribution in [2.45, 2.75) is 30.7 Å². The molecule has 0 bridgehead atoms. The molecule has 0 amide bonds. The van der Waals surface area contributed by atoms with E-state index in [1.807, 2.05) is 13.0 Å². The van der Waals surface area contributed by atoms with Crippen LogP contribution in [0.4, 0.5) is 8.78 Å². The summed E-state index contributed by atoms with van der Waals surface area (Å²) in [5, 5.41) is 8.37. The zero-order valence-electron chi connectivity index (χ0n) is 16.7. The molecule has 0 spiro atoms. The molecule has 31 heavy (non-hydrogen) atoms. The first-order valence-electron chi connectivity index (χ1n) is 9.65. The van der Waals surface area contributed by atoms with Crippen LogP contribution >= 0.6 is 23.2 Å². The zero-order chi connectivity index (χ0) is 22.8. The second kappa shape index (κ2) is 9.83. The second-order valence-electron chi connectivity index (χ2n) is 7.21. The van der Waals surface area contributed by atoms with Crippen molar-refractivity contribution >= 4 is 38.8 Å². The maximum Gasteiger partial charge on any atom is 0.241 e. The van der Waals surface area contributed by atoms with Gasteiger partial charge in [-0.25, -0.2) is 22.3 Å². The Hall–Kier alpha value is -1.71. The van der Waals surface area contributed by atoms with Gasteiger partial charge in [0, 0.05) is 18.0 Å². The van der Waals surface area contributed by atoms with Gasteiger partial charge in [-0.05, 0) is 48.7 Å². The summed E-state index contributed by atoms with van der Waals surface area (Å²) in [6.45, 7) is 2.82. The molecule has 5 nitrogen and oxygen atoms in total. The molecule has 2 aromatic rings. The first kappa shape index (κ1) is 23.9. The molecule has 0 aliphatic heterocycles. The Morgan fingerprint density at radius 3 is 2.55 bits per heavy atom. The van der Waals surface area contributed by atoms with E-state index in [0.717, 1.165) is 37.1 Å². The molecule has 2 aromatic carbocycles. The SMILES string of the molecule is CCNC1CCC=C(c2ccc(Cl)c(F)c2)C1COc1cc(F)c(S(N)(=O)=O)cc1Cl. The smallest absolute Gasteiger partial charge is 0.241 e. The van der Waals surface area contributed by atoms with Crippen molar-refractivity contribution in [2.24, 2.45) is 11.1 Å². The Morgan fingerprint density at radius 2 is 1.90 bits per heavy atom. The lowest BCUT2D eigenvalue weighted by molar-refractivity contribution is 0.236. The summed E-state index contributed by atoms with van der Waals surface area (Å²) in [7, 11) is -4.26. The van der Waals surface area contributed by atoms with E-state index in [1.165, 1.54) is 12.1 Å². The Morgan fingerprint density at radius 1 is 1.16 bits per heavy atom. The fraction of sp³-hybridized carbons (Fsp3) is 0.333. The van der Waals surface area contributed by atoms with E-state index in [9.17, 15) is 17.2 Å². The third kappa shape index (κ3) is 5.56. The van der Waals surface area contributed by atoms with Crippen LogP contribution in [0.1, 0.15) is 25.3 Å². The number of halogens is 4. The number of rotatable bonds is 7. The number of primary sulfonamides is 1. The van der Waals surface area contributed by atoms with Crippen molar-refractivity contribution in [3.8, 4) is 5.75 Å². The number of sulfonamides is 1. The normalized spacial score (nSPS) is 19.2. The zero-order valence-corrected chi connectivity index (χ0v) is 19.0. The van der Waals surface area contributed by atoms with Crippen LogP contribution in [0.25, 0.3) is 5.57 Å². The number of nitrogens with two attached hydrogens (primary N) is 1. The average Bonchev–Trinajstić information content (AvgIpc) is 2.70. The topological polar surface area (TPSA) is 81.4 Å². The molecule has 0 fully saturated rings. The van der Waals surface area contributed by atoms with Crippen LogP contribution in [0.2, 0.25) is 10.0 Å². The van der Waals surface area contributed by atoms with Crippen molar-refractivity contribution in [1.82, 2.24) is 5.32 Å². The number of hydrogen-bond acceptors (Lipinski definition) is 4. The van der Waals surface area contributed by atoms with Crippen LogP contribution in [-0.2, 0) is 10.0 Å². The fourth-order valence-electron chi connectivity index (χ4n) is 3.73. The molecule has 0 saturated carbocycles. The van der Waals surface area contributed by atoms with Crippen molar-refractivity contribution in [1.29, 1.82) is 0 Å². The maximum absolute atomic E-state index is 14.2. The third-order valence-electron chi connectivity index (χ3n) is 5.16. The Bertz CT molecular complexity index is 1110. The van der Waals surface area contributed by atoms with Gasteiger partial charge in [0.15, 0.2) is 0 Å². The second-order valence-corrected chi connectivity index (χ2v) is 9.55. The highest BCUT2D eigenvalue weighted by Gasteiger charge is 2.30. The van der Waals surface area contributed by atoms with E-state index < -0.39 is 26.6 Å². The Balaban J connectivity index is 1.90. The van der Waals surface area contributed by atoms with E-state index in [1.54, 1.807) is 6.07 Å². The summed E-state index contributed by atoms with van der Waals surface area (Å²) < 4.78 is 57.0.